The minimum Gasteiger partial charge on any atom is -0.316 e. The molecule has 0 amide bonds. The SMILES string of the molecule is CCCNCCS.Clc1cccc(Cl)c1Sc1c(Cl)cccc1Cl. The van der Waals surface area contributed by atoms with E-state index in [4.69, 9.17) is 46.4 Å². The van der Waals surface area contributed by atoms with E-state index in [1.807, 2.05) is 0 Å². The highest BCUT2D eigenvalue weighted by molar-refractivity contribution is 7.99. The summed E-state index contributed by atoms with van der Waals surface area (Å²) in [6.07, 6.45) is 1.22. The van der Waals surface area contributed by atoms with Crippen LogP contribution in [0.3, 0.4) is 0 Å². The second-order valence-corrected chi connectivity index (χ2v) is 7.77. The average molecular weight is 443 g/mol. The van der Waals surface area contributed by atoms with E-state index in [1.54, 1.807) is 36.4 Å². The third kappa shape index (κ3) is 7.65. The van der Waals surface area contributed by atoms with Gasteiger partial charge >= 0.3 is 0 Å². The quantitative estimate of drug-likeness (QED) is 0.357. The lowest BCUT2D eigenvalue weighted by atomic mass is 10.3. The lowest BCUT2D eigenvalue weighted by molar-refractivity contribution is 0.708. The van der Waals surface area contributed by atoms with Crippen molar-refractivity contribution in [3.63, 3.8) is 0 Å². The zero-order chi connectivity index (χ0) is 17.9. The smallest absolute Gasteiger partial charge is 0.0560 e. The zero-order valence-electron chi connectivity index (χ0n) is 13.2. The molecule has 0 aliphatic carbocycles. The van der Waals surface area contributed by atoms with Crippen molar-refractivity contribution in [3.05, 3.63) is 56.5 Å². The van der Waals surface area contributed by atoms with Crippen LogP contribution in [-0.4, -0.2) is 18.8 Å². The molecule has 0 aromatic heterocycles. The Hall–Kier alpha value is 0.260. The van der Waals surface area contributed by atoms with Gasteiger partial charge in [0, 0.05) is 22.1 Å². The molecule has 2 rings (SSSR count). The van der Waals surface area contributed by atoms with Crippen molar-refractivity contribution < 1.29 is 0 Å². The fourth-order valence-corrected chi connectivity index (χ4v) is 3.93. The first-order valence-corrected chi connectivity index (χ1v) is 10.3. The van der Waals surface area contributed by atoms with E-state index in [0.29, 0.717) is 20.1 Å². The Morgan fingerprint density at radius 2 is 1.25 bits per heavy atom. The Morgan fingerprint density at radius 3 is 1.58 bits per heavy atom. The second kappa shape index (κ2) is 12.6. The molecule has 7 heteroatoms. The summed E-state index contributed by atoms with van der Waals surface area (Å²) in [7, 11) is 0. The minimum atomic E-state index is 0.582. The van der Waals surface area contributed by atoms with Crippen LogP contribution in [0.25, 0.3) is 0 Å². The summed E-state index contributed by atoms with van der Waals surface area (Å²) in [5.41, 5.74) is 0. The molecule has 132 valence electrons. The van der Waals surface area contributed by atoms with Gasteiger partial charge < -0.3 is 5.32 Å². The Morgan fingerprint density at radius 1 is 0.833 bits per heavy atom. The Bertz CT molecular complexity index is 544. The molecule has 0 saturated heterocycles. The molecule has 0 spiro atoms. The molecule has 0 aliphatic heterocycles. The normalized spacial score (nSPS) is 10.2. The maximum Gasteiger partial charge on any atom is 0.0560 e. The van der Waals surface area contributed by atoms with E-state index in [2.05, 4.69) is 24.9 Å². The second-order valence-electron chi connectivity index (χ2n) is 4.68. The Labute approximate surface area is 173 Å². The summed E-state index contributed by atoms with van der Waals surface area (Å²) in [5, 5.41) is 5.54. The van der Waals surface area contributed by atoms with Gasteiger partial charge in [-0.15, -0.1) is 0 Å². The van der Waals surface area contributed by atoms with E-state index < -0.39 is 0 Å². The molecule has 2 aromatic carbocycles. The van der Waals surface area contributed by atoms with Gasteiger partial charge in [-0.25, -0.2) is 0 Å². The number of benzene rings is 2. The average Bonchev–Trinajstić information content (AvgIpc) is 2.55. The van der Waals surface area contributed by atoms with E-state index in [1.165, 1.54) is 18.2 Å². The Kier molecular flexibility index (Phi) is 11.7. The van der Waals surface area contributed by atoms with Gasteiger partial charge in [-0.3, -0.25) is 0 Å². The molecule has 0 unspecified atom stereocenters. The first-order valence-electron chi connectivity index (χ1n) is 7.38. The number of hydrogen-bond acceptors (Lipinski definition) is 3. The third-order valence-electron chi connectivity index (χ3n) is 2.76. The van der Waals surface area contributed by atoms with Crippen LogP contribution < -0.4 is 5.32 Å². The van der Waals surface area contributed by atoms with Crippen LogP contribution in [0.1, 0.15) is 13.3 Å². The van der Waals surface area contributed by atoms with Crippen molar-refractivity contribution in [1.82, 2.24) is 5.32 Å². The van der Waals surface area contributed by atoms with Gasteiger partial charge in [0.05, 0.1) is 20.1 Å². The highest BCUT2D eigenvalue weighted by Crippen LogP contribution is 2.43. The van der Waals surface area contributed by atoms with Gasteiger partial charge in [-0.1, -0.05) is 77.2 Å². The maximum atomic E-state index is 6.09. The van der Waals surface area contributed by atoms with Crippen LogP contribution in [0.4, 0.5) is 0 Å². The van der Waals surface area contributed by atoms with E-state index in [9.17, 15) is 0 Å². The topological polar surface area (TPSA) is 12.0 Å². The van der Waals surface area contributed by atoms with Crippen molar-refractivity contribution in [2.24, 2.45) is 0 Å². The summed E-state index contributed by atoms with van der Waals surface area (Å²) in [6.45, 7) is 4.32. The van der Waals surface area contributed by atoms with Gasteiger partial charge in [-0.2, -0.15) is 12.6 Å². The molecule has 1 N–H and O–H groups in total. The predicted octanol–water partition coefficient (Wildman–Crippen LogP) is 7.37. The zero-order valence-corrected chi connectivity index (χ0v) is 17.9. The van der Waals surface area contributed by atoms with Gasteiger partial charge in [-0.05, 0) is 37.2 Å². The highest BCUT2D eigenvalue weighted by atomic mass is 35.5. The fraction of sp³-hybridized carbons (Fsp3) is 0.294. The first kappa shape index (κ1) is 22.3. The lowest BCUT2D eigenvalue weighted by Gasteiger charge is -2.09. The van der Waals surface area contributed by atoms with Crippen LogP contribution in [0.15, 0.2) is 46.2 Å². The Balaban J connectivity index is 0.000000351. The molecule has 0 aliphatic rings. The standard InChI is InChI=1S/C12H6Cl4S.C5H13NS/c13-7-3-1-4-8(14)11(7)17-12-9(15)5-2-6-10(12)16;1-2-3-6-4-5-7/h1-6H;6-7H,2-5H2,1H3. The van der Waals surface area contributed by atoms with Crippen LogP contribution in [0.2, 0.25) is 20.1 Å². The van der Waals surface area contributed by atoms with Crippen LogP contribution in [0.5, 0.6) is 0 Å². The summed E-state index contributed by atoms with van der Waals surface area (Å²) in [5.74, 6) is 0.944. The van der Waals surface area contributed by atoms with Crippen LogP contribution >= 0.6 is 70.8 Å². The van der Waals surface area contributed by atoms with Crippen molar-refractivity contribution >= 4 is 70.8 Å². The van der Waals surface area contributed by atoms with Crippen LogP contribution in [-0.2, 0) is 0 Å². The molecule has 24 heavy (non-hydrogen) atoms. The number of thiol groups is 1. The predicted molar refractivity (Wildman–Crippen MR) is 114 cm³/mol. The molecule has 0 saturated carbocycles. The third-order valence-corrected chi connectivity index (χ3v) is 5.98. The summed E-state index contributed by atoms with van der Waals surface area (Å²) in [6, 6.07) is 10.7. The summed E-state index contributed by atoms with van der Waals surface area (Å²) in [4.78, 5) is 1.51. The molecule has 0 atom stereocenters. The van der Waals surface area contributed by atoms with E-state index in [0.717, 1.165) is 28.6 Å². The maximum absolute atomic E-state index is 6.09. The molecule has 2 aromatic rings. The lowest BCUT2D eigenvalue weighted by Crippen LogP contribution is -2.16. The fourth-order valence-electron chi connectivity index (χ4n) is 1.64. The van der Waals surface area contributed by atoms with Gasteiger partial charge in [0.2, 0.25) is 0 Å². The molecule has 0 heterocycles. The van der Waals surface area contributed by atoms with Crippen molar-refractivity contribution in [2.45, 2.75) is 23.1 Å². The van der Waals surface area contributed by atoms with Crippen molar-refractivity contribution in [2.75, 3.05) is 18.8 Å². The molecule has 0 radical (unpaired) electrons. The summed E-state index contributed by atoms with van der Waals surface area (Å²) < 4.78 is 0. The monoisotopic (exact) mass is 441 g/mol. The van der Waals surface area contributed by atoms with Crippen molar-refractivity contribution in [3.8, 4) is 0 Å². The van der Waals surface area contributed by atoms with E-state index in [-0.39, 0.29) is 0 Å². The number of halogens is 4. The first-order chi connectivity index (χ1) is 11.5. The van der Waals surface area contributed by atoms with Gasteiger partial charge in [0.1, 0.15) is 0 Å². The molecule has 0 fully saturated rings. The summed E-state index contributed by atoms with van der Waals surface area (Å²) >= 11 is 29.8. The van der Waals surface area contributed by atoms with Crippen LogP contribution in [0, 0.1) is 0 Å². The molecular weight excluding hydrogens is 424 g/mol. The van der Waals surface area contributed by atoms with Gasteiger partial charge in [0.15, 0.2) is 0 Å². The molecule has 1 nitrogen and oxygen atoms in total. The van der Waals surface area contributed by atoms with Gasteiger partial charge in [0.25, 0.3) is 0 Å². The molecule has 0 bridgehead atoms. The highest BCUT2D eigenvalue weighted by Gasteiger charge is 2.12. The molecular formula is C17H19Cl4NS2. The number of rotatable bonds is 6. The largest absolute Gasteiger partial charge is 0.316 e. The minimum absolute atomic E-state index is 0.582. The number of nitrogens with one attached hydrogen (secondary N) is 1. The number of hydrogen-bond donors (Lipinski definition) is 2. The van der Waals surface area contributed by atoms with Crippen molar-refractivity contribution in [1.29, 1.82) is 0 Å². The van der Waals surface area contributed by atoms with E-state index >= 15 is 0 Å².